The second-order valence-corrected chi connectivity index (χ2v) is 23.9. The number of aromatic nitrogens is 1. The molecule has 1 N–H and O–H groups in total. The molecule has 3 aromatic rings. The number of carbonyl (C=O) groups excluding carboxylic acids is 2. The fourth-order valence-electron chi connectivity index (χ4n) is 9.69. The molecule has 1 unspecified atom stereocenters. The topological polar surface area (TPSA) is 115 Å². The van der Waals surface area contributed by atoms with E-state index in [9.17, 15) is 5.11 Å². The van der Waals surface area contributed by atoms with Crippen molar-refractivity contribution in [1.82, 2.24) is 15.0 Å². The summed E-state index contributed by atoms with van der Waals surface area (Å²) in [5.74, 6) is -1.39. The molecule has 4 aliphatic rings. The molecule has 0 spiro atoms. The van der Waals surface area contributed by atoms with Gasteiger partial charge in [0.15, 0.2) is 25.5 Å². The van der Waals surface area contributed by atoms with Gasteiger partial charge in [0.05, 0.1) is 24.8 Å². The van der Waals surface area contributed by atoms with Crippen molar-refractivity contribution in [2.75, 3.05) is 33.4 Å². The molecule has 3 aliphatic carbocycles. The lowest BCUT2D eigenvalue weighted by Crippen LogP contribution is -2.65. The number of halogens is 1. The molecule has 0 radical (unpaired) electrons. The second-order valence-electron chi connectivity index (χ2n) is 18.8. The number of nitrogens with zero attached hydrogens (tertiary/aromatic N) is 3. The minimum atomic E-state index is -2.88. The maximum atomic E-state index is 15.6. The fourth-order valence-corrected chi connectivity index (χ4v) is 11.5. The van der Waals surface area contributed by atoms with E-state index in [-0.39, 0.29) is 39.6 Å². The molecule has 5 atom stereocenters. The lowest BCUT2D eigenvalue weighted by atomic mass is 9.58. The normalized spacial score (nSPS) is 24.3. The summed E-state index contributed by atoms with van der Waals surface area (Å²) in [6.45, 7) is 21.6. The van der Waals surface area contributed by atoms with E-state index >= 15 is 9.59 Å². The minimum absolute atomic E-state index is 0.0421. The Bertz CT molecular complexity index is 2130. The van der Waals surface area contributed by atoms with Crippen molar-refractivity contribution in [1.29, 1.82) is 0 Å². The Morgan fingerprint density at radius 3 is 2.47 bits per heavy atom. The van der Waals surface area contributed by atoms with Crippen LogP contribution < -0.4 is 9.47 Å². The summed E-state index contributed by atoms with van der Waals surface area (Å²) in [6, 6.07) is 11.9. The quantitative estimate of drug-likeness (QED) is 0.0848. The van der Waals surface area contributed by atoms with Gasteiger partial charge in [-0.2, -0.15) is 0 Å². The zero-order valence-electron chi connectivity index (χ0n) is 36.9. The van der Waals surface area contributed by atoms with E-state index in [2.05, 4.69) is 93.5 Å². The highest BCUT2D eigenvalue weighted by atomic mass is 35.5. The first-order chi connectivity index (χ1) is 28.6. The lowest BCUT2D eigenvalue weighted by molar-refractivity contribution is -0.0501. The number of hydrogen-bond donors (Lipinski definition) is 1. The number of likely N-dealkylation sites (tertiary alicyclic amines) is 1. The first-order valence-corrected chi connectivity index (χ1v) is 25.3. The minimum Gasteiger partial charge on any atom is -0.508 e. The maximum absolute atomic E-state index is 15.6. The number of unbranched alkanes of at least 4 members (excludes halogenated alkanes) is 2. The standard InChI is InChI=1S/C48H64ClN3O7Si/c1-10-13-24-56-36-28-32(35-21-18-23-52(35)29-30-19-16-15-17-20-30)40(49)33-26-31-27-34-41(51(7)22-12-3)43-39(46(50-58-43)57-25-14-11-2)45(55)48(34,59-60(8,9)47(4,5)6)44(54)37(31)42(53)38(33)36/h12,15-17,19-20,28,31,34-35,41,54H,3,10-11,13-14,18,21-27,29H2,1-2,4-9H3/t31-,34-,35?,41-,48-/m0/s1. The molecule has 7 rings (SSSR count). The maximum Gasteiger partial charge on any atom is 0.265 e. The molecule has 2 aromatic carbocycles. The van der Waals surface area contributed by atoms with Gasteiger partial charge in [-0.05, 0) is 104 Å². The third kappa shape index (κ3) is 7.71. The van der Waals surface area contributed by atoms with Crippen LogP contribution in [0.3, 0.4) is 0 Å². The van der Waals surface area contributed by atoms with Gasteiger partial charge in [-0.1, -0.05) is 95.5 Å². The molecule has 0 amide bonds. The Morgan fingerprint density at radius 2 is 1.80 bits per heavy atom. The number of rotatable bonds is 16. The first kappa shape index (κ1) is 44.3. The molecule has 0 saturated carbocycles. The smallest absolute Gasteiger partial charge is 0.265 e. The summed E-state index contributed by atoms with van der Waals surface area (Å²) in [5.41, 5.74) is 1.73. The molecule has 1 aliphatic heterocycles. The SMILES string of the molecule is C=CCN(C)[C@@H]1c2onc(OCCCC)c2C(=O)[C@@]2(O[Si](C)(C)C(C)(C)C)C(O)=C3C(=O)c4c(OCCCC)cc(C5CCCN5Cc5ccccc5)c(Cl)c4C[C@H]3C[C@@H]12. The summed E-state index contributed by atoms with van der Waals surface area (Å²) < 4.78 is 26.2. The van der Waals surface area contributed by atoms with Crippen LogP contribution in [0.2, 0.25) is 23.2 Å². The van der Waals surface area contributed by atoms with Gasteiger partial charge in [-0.25, -0.2) is 0 Å². The number of benzene rings is 2. The molecule has 12 heteroatoms. The molecule has 1 fully saturated rings. The average molecular weight is 859 g/mol. The van der Waals surface area contributed by atoms with E-state index in [1.54, 1.807) is 6.08 Å². The fraction of sp³-hybridized carbons (Fsp3) is 0.562. The summed E-state index contributed by atoms with van der Waals surface area (Å²) in [4.78, 5) is 35.6. The Kier molecular flexibility index (Phi) is 13.0. The van der Waals surface area contributed by atoms with Gasteiger partial charge in [0.2, 0.25) is 5.78 Å². The number of allylic oxidation sites excluding steroid dienone is 1. The van der Waals surface area contributed by atoms with Gasteiger partial charge in [0, 0.05) is 35.6 Å². The highest BCUT2D eigenvalue weighted by Crippen LogP contribution is 2.60. The van der Waals surface area contributed by atoms with Crippen molar-refractivity contribution in [3.8, 4) is 11.6 Å². The van der Waals surface area contributed by atoms with E-state index in [4.69, 9.17) is 30.0 Å². The Hall–Kier alpha value is -3.74. The Morgan fingerprint density at radius 1 is 1.10 bits per heavy atom. The number of carbonyl (C=O) groups is 2. The van der Waals surface area contributed by atoms with Crippen LogP contribution in [0.5, 0.6) is 11.6 Å². The molecular formula is C48H64ClN3O7Si. The van der Waals surface area contributed by atoms with Crippen LogP contribution in [0.1, 0.15) is 135 Å². The molecule has 1 aromatic heterocycles. The van der Waals surface area contributed by atoms with Gasteiger partial charge in [0.1, 0.15) is 17.1 Å². The molecular weight excluding hydrogens is 794 g/mol. The average Bonchev–Trinajstić information content (AvgIpc) is 3.84. The number of Topliss-reactive ketones (excluding diaryl/α,β-unsaturated/α-hetero) is 2. The largest absolute Gasteiger partial charge is 0.508 e. The highest BCUT2D eigenvalue weighted by Gasteiger charge is 2.67. The van der Waals surface area contributed by atoms with Crippen molar-refractivity contribution in [2.45, 2.75) is 128 Å². The third-order valence-corrected chi connectivity index (χ3v) is 18.7. The monoisotopic (exact) mass is 857 g/mol. The number of aliphatic hydroxyl groups is 1. The zero-order chi connectivity index (χ0) is 43.1. The van der Waals surface area contributed by atoms with Crippen LogP contribution >= 0.6 is 11.6 Å². The molecule has 10 nitrogen and oxygen atoms in total. The summed E-state index contributed by atoms with van der Waals surface area (Å²) in [6.07, 6.45) is 7.87. The lowest BCUT2D eigenvalue weighted by Gasteiger charge is -2.55. The predicted octanol–water partition coefficient (Wildman–Crippen LogP) is 11.0. The Balaban J connectivity index is 1.42. The van der Waals surface area contributed by atoms with Crippen LogP contribution in [0, 0.1) is 11.8 Å². The number of aliphatic hydroxyl groups excluding tert-OH is 1. The van der Waals surface area contributed by atoms with Crippen LogP contribution in [0.4, 0.5) is 0 Å². The Labute approximate surface area is 362 Å². The highest BCUT2D eigenvalue weighted by molar-refractivity contribution is 6.74. The van der Waals surface area contributed by atoms with Crippen molar-refractivity contribution < 1.29 is 33.1 Å². The van der Waals surface area contributed by atoms with E-state index in [0.717, 1.165) is 62.7 Å². The second kappa shape index (κ2) is 17.6. The number of ether oxygens (including phenoxy) is 2. The molecule has 1 saturated heterocycles. The van der Waals surface area contributed by atoms with Crippen LogP contribution in [0.15, 0.2) is 64.9 Å². The van der Waals surface area contributed by atoms with E-state index in [1.165, 1.54) is 5.56 Å². The first-order valence-electron chi connectivity index (χ1n) is 22.0. The zero-order valence-corrected chi connectivity index (χ0v) is 38.6. The van der Waals surface area contributed by atoms with Crippen molar-refractivity contribution in [2.24, 2.45) is 11.8 Å². The number of hydrogen-bond acceptors (Lipinski definition) is 10. The van der Waals surface area contributed by atoms with Gasteiger partial charge < -0.3 is 23.5 Å². The van der Waals surface area contributed by atoms with Crippen LogP contribution in [0.25, 0.3) is 0 Å². The van der Waals surface area contributed by atoms with Crippen LogP contribution in [-0.4, -0.2) is 78.9 Å². The molecule has 60 heavy (non-hydrogen) atoms. The molecule has 324 valence electrons. The summed E-state index contributed by atoms with van der Waals surface area (Å²) in [7, 11) is -0.931. The van der Waals surface area contributed by atoms with Crippen molar-refractivity contribution in [3.63, 3.8) is 0 Å². The van der Waals surface area contributed by atoms with Gasteiger partial charge >= 0.3 is 0 Å². The van der Waals surface area contributed by atoms with Gasteiger partial charge in [-0.3, -0.25) is 19.4 Å². The third-order valence-electron chi connectivity index (χ3n) is 13.8. The number of likely N-dealkylation sites (N-methyl/N-ethyl adjacent to an activating group) is 1. The molecule has 2 heterocycles. The summed E-state index contributed by atoms with van der Waals surface area (Å²) >= 11 is 7.57. The number of ketones is 2. The molecule has 0 bridgehead atoms. The van der Waals surface area contributed by atoms with Crippen molar-refractivity contribution >= 4 is 31.5 Å². The van der Waals surface area contributed by atoms with Crippen LogP contribution in [-0.2, 0) is 17.4 Å². The van der Waals surface area contributed by atoms with E-state index in [0.29, 0.717) is 54.7 Å². The summed E-state index contributed by atoms with van der Waals surface area (Å²) in [5, 5.41) is 17.7. The van der Waals surface area contributed by atoms with Gasteiger partial charge in [0.25, 0.3) is 5.88 Å². The van der Waals surface area contributed by atoms with E-state index in [1.807, 2.05) is 19.2 Å². The number of fused-ring (bicyclic) bond motifs is 4. The van der Waals surface area contributed by atoms with Crippen molar-refractivity contribution in [3.05, 3.63) is 99.0 Å². The predicted molar refractivity (Wildman–Crippen MR) is 238 cm³/mol. The van der Waals surface area contributed by atoms with Gasteiger partial charge in [-0.15, -0.1) is 6.58 Å². The van der Waals surface area contributed by atoms with E-state index < -0.39 is 37.6 Å².